The molecule has 0 aliphatic heterocycles. The van der Waals surface area contributed by atoms with Gasteiger partial charge in [-0.1, -0.05) is 0 Å². The molecule has 108 valence electrons. The average molecular weight is 285 g/mol. The van der Waals surface area contributed by atoms with Gasteiger partial charge in [0.15, 0.2) is 11.3 Å². The van der Waals surface area contributed by atoms with Crippen LogP contribution < -0.4 is 11.1 Å². The Morgan fingerprint density at radius 3 is 3.00 bits per heavy atom. The molecule has 0 aliphatic rings. The van der Waals surface area contributed by atoms with Crippen molar-refractivity contribution in [1.82, 2.24) is 15.0 Å². The highest BCUT2D eigenvalue weighted by molar-refractivity contribution is 5.88. The SMILES string of the molecule is Cc1c(-c2ccnc(N)n2)oc2cnc(NCCO)cc12. The van der Waals surface area contributed by atoms with Crippen molar-refractivity contribution < 1.29 is 9.52 Å². The molecule has 0 bridgehead atoms. The van der Waals surface area contributed by atoms with Gasteiger partial charge in [0.2, 0.25) is 5.95 Å². The number of anilines is 2. The zero-order valence-corrected chi connectivity index (χ0v) is 11.5. The molecule has 0 spiro atoms. The molecule has 0 aromatic carbocycles. The van der Waals surface area contributed by atoms with Crippen LogP contribution in [0.25, 0.3) is 22.4 Å². The normalized spacial score (nSPS) is 11.0. The zero-order valence-electron chi connectivity index (χ0n) is 11.5. The van der Waals surface area contributed by atoms with Gasteiger partial charge in [-0.2, -0.15) is 0 Å². The fourth-order valence-corrected chi connectivity index (χ4v) is 2.15. The minimum Gasteiger partial charge on any atom is -0.453 e. The molecule has 4 N–H and O–H groups in total. The lowest BCUT2D eigenvalue weighted by molar-refractivity contribution is 0.311. The number of nitrogens with zero attached hydrogens (tertiary/aromatic N) is 3. The van der Waals surface area contributed by atoms with Crippen LogP contribution in [0.5, 0.6) is 0 Å². The predicted molar refractivity (Wildman–Crippen MR) is 79.8 cm³/mol. The third-order valence-corrected chi connectivity index (χ3v) is 3.15. The van der Waals surface area contributed by atoms with Gasteiger partial charge in [0.25, 0.3) is 0 Å². The molecule has 0 aliphatic carbocycles. The fraction of sp³-hybridized carbons (Fsp3) is 0.214. The largest absolute Gasteiger partial charge is 0.453 e. The van der Waals surface area contributed by atoms with Crippen molar-refractivity contribution in [1.29, 1.82) is 0 Å². The van der Waals surface area contributed by atoms with Gasteiger partial charge in [0.1, 0.15) is 11.5 Å². The Hall–Kier alpha value is -2.67. The van der Waals surface area contributed by atoms with E-state index in [1.807, 2.05) is 13.0 Å². The molecule has 0 saturated carbocycles. The second kappa shape index (κ2) is 5.37. The lowest BCUT2D eigenvalue weighted by Gasteiger charge is -2.02. The van der Waals surface area contributed by atoms with Crippen molar-refractivity contribution in [3.05, 3.63) is 30.1 Å². The first-order valence-corrected chi connectivity index (χ1v) is 6.52. The van der Waals surface area contributed by atoms with E-state index < -0.39 is 0 Å². The number of aliphatic hydroxyl groups excluding tert-OH is 1. The van der Waals surface area contributed by atoms with Gasteiger partial charge < -0.3 is 20.6 Å². The molecule has 0 fully saturated rings. The summed E-state index contributed by atoms with van der Waals surface area (Å²) in [5.41, 5.74) is 7.88. The summed E-state index contributed by atoms with van der Waals surface area (Å²) in [6, 6.07) is 3.64. The number of nitrogens with two attached hydrogens (primary N) is 1. The van der Waals surface area contributed by atoms with Crippen LogP contribution >= 0.6 is 0 Å². The maximum Gasteiger partial charge on any atom is 0.220 e. The molecule has 3 aromatic rings. The number of aliphatic hydroxyl groups is 1. The van der Waals surface area contributed by atoms with E-state index in [-0.39, 0.29) is 12.6 Å². The maximum atomic E-state index is 8.84. The van der Waals surface area contributed by atoms with Crippen LogP contribution in [0.15, 0.2) is 28.9 Å². The van der Waals surface area contributed by atoms with Gasteiger partial charge in [-0.05, 0) is 19.1 Å². The molecule has 3 rings (SSSR count). The summed E-state index contributed by atoms with van der Waals surface area (Å²) in [6.45, 7) is 2.45. The molecule has 0 saturated heterocycles. The maximum absolute atomic E-state index is 8.84. The number of nitrogens with one attached hydrogen (secondary N) is 1. The lowest BCUT2D eigenvalue weighted by Crippen LogP contribution is -2.06. The Morgan fingerprint density at radius 2 is 2.24 bits per heavy atom. The van der Waals surface area contributed by atoms with Crippen molar-refractivity contribution in [2.45, 2.75) is 6.92 Å². The number of rotatable bonds is 4. The van der Waals surface area contributed by atoms with Gasteiger partial charge in [0.05, 0.1) is 12.8 Å². The molecule has 0 amide bonds. The number of hydrogen-bond acceptors (Lipinski definition) is 7. The van der Waals surface area contributed by atoms with Crippen LogP contribution in [-0.2, 0) is 0 Å². The Labute approximate surface area is 120 Å². The molecular formula is C14H15N5O2. The highest BCUT2D eigenvalue weighted by Gasteiger charge is 2.14. The Balaban J connectivity index is 2.07. The quantitative estimate of drug-likeness (QED) is 0.667. The number of pyridine rings is 1. The molecular weight excluding hydrogens is 270 g/mol. The summed E-state index contributed by atoms with van der Waals surface area (Å²) in [5.74, 6) is 1.55. The Morgan fingerprint density at radius 1 is 1.38 bits per heavy atom. The first kappa shape index (κ1) is 13.3. The second-order valence-electron chi connectivity index (χ2n) is 4.57. The number of nitrogen functional groups attached to an aromatic ring is 1. The van der Waals surface area contributed by atoms with Crippen LogP contribution in [-0.4, -0.2) is 33.2 Å². The van der Waals surface area contributed by atoms with Crippen molar-refractivity contribution in [3.8, 4) is 11.5 Å². The van der Waals surface area contributed by atoms with Gasteiger partial charge >= 0.3 is 0 Å². The molecule has 3 aromatic heterocycles. The third kappa shape index (κ3) is 2.50. The summed E-state index contributed by atoms with van der Waals surface area (Å²) >= 11 is 0. The van der Waals surface area contributed by atoms with E-state index in [1.54, 1.807) is 18.5 Å². The van der Waals surface area contributed by atoms with E-state index in [4.69, 9.17) is 15.3 Å². The van der Waals surface area contributed by atoms with Crippen molar-refractivity contribution >= 4 is 22.7 Å². The van der Waals surface area contributed by atoms with Crippen molar-refractivity contribution in [3.63, 3.8) is 0 Å². The fourth-order valence-electron chi connectivity index (χ4n) is 2.15. The number of hydrogen-bond donors (Lipinski definition) is 3. The number of aromatic nitrogens is 3. The minimum absolute atomic E-state index is 0.0511. The predicted octanol–water partition coefficient (Wildman–Crippen LogP) is 1.58. The van der Waals surface area contributed by atoms with Crippen molar-refractivity contribution in [2.75, 3.05) is 24.2 Å². The smallest absolute Gasteiger partial charge is 0.220 e. The monoisotopic (exact) mass is 285 g/mol. The van der Waals surface area contributed by atoms with Gasteiger partial charge in [-0.25, -0.2) is 15.0 Å². The topological polar surface area (TPSA) is 110 Å². The first-order valence-electron chi connectivity index (χ1n) is 6.52. The van der Waals surface area contributed by atoms with Crippen LogP contribution in [0.2, 0.25) is 0 Å². The van der Waals surface area contributed by atoms with Crippen LogP contribution in [0.4, 0.5) is 11.8 Å². The summed E-state index contributed by atoms with van der Waals surface area (Å²) in [5, 5.41) is 12.8. The molecule has 0 radical (unpaired) electrons. The Kier molecular flexibility index (Phi) is 3.41. The average Bonchev–Trinajstić information content (AvgIpc) is 2.82. The van der Waals surface area contributed by atoms with Gasteiger partial charge in [-0.15, -0.1) is 0 Å². The van der Waals surface area contributed by atoms with E-state index in [0.717, 1.165) is 10.9 Å². The number of aryl methyl sites for hydroxylation is 1. The summed E-state index contributed by atoms with van der Waals surface area (Å²) < 4.78 is 5.81. The molecule has 0 atom stereocenters. The Bertz CT molecular complexity index is 784. The minimum atomic E-state index is 0.0511. The van der Waals surface area contributed by atoms with E-state index in [0.29, 0.717) is 29.4 Å². The number of furan rings is 1. The van der Waals surface area contributed by atoms with Gasteiger partial charge in [0, 0.05) is 23.7 Å². The lowest BCUT2D eigenvalue weighted by atomic mass is 10.1. The molecule has 7 heteroatoms. The van der Waals surface area contributed by atoms with E-state index in [1.165, 1.54) is 0 Å². The highest BCUT2D eigenvalue weighted by Crippen LogP contribution is 2.32. The molecule has 7 nitrogen and oxygen atoms in total. The first-order chi connectivity index (χ1) is 10.2. The van der Waals surface area contributed by atoms with E-state index >= 15 is 0 Å². The van der Waals surface area contributed by atoms with Crippen molar-refractivity contribution in [2.24, 2.45) is 0 Å². The summed E-state index contributed by atoms with van der Waals surface area (Å²) in [7, 11) is 0. The summed E-state index contributed by atoms with van der Waals surface area (Å²) in [4.78, 5) is 12.3. The standard InChI is InChI=1S/C14H15N5O2/c1-8-9-6-12(16-4-5-20)18-7-11(9)21-13(8)10-2-3-17-14(15)19-10/h2-3,6-7,20H,4-5H2,1H3,(H,16,18)(H2,15,17,19). The number of fused-ring (bicyclic) bond motifs is 1. The molecule has 21 heavy (non-hydrogen) atoms. The third-order valence-electron chi connectivity index (χ3n) is 3.15. The van der Waals surface area contributed by atoms with Gasteiger partial charge in [-0.3, -0.25) is 0 Å². The second-order valence-corrected chi connectivity index (χ2v) is 4.57. The highest BCUT2D eigenvalue weighted by atomic mass is 16.3. The van der Waals surface area contributed by atoms with E-state index in [9.17, 15) is 0 Å². The zero-order chi connectivity index (χ0) is 14.8. The summed E-state index contributed by atoms with van der Waals surface area (Å²) in [6.07, 6.45) is 3.24. The molecule has 0 unspecified atom stereocenters. The van der Waals surface area contributed by atoms with Crippen LogP contribution in [0.1, 0.15) is 5.56 Å². The van der Waals surface area contributed by atoms with Crippen LogP contribution in [0.3, 0.4) is 0 Å². The van der Waals surface area contributed by atoms with Crippen LogP contribution in [0, 0.1) is 6.92 Å². The molecule has 3 heterocycles. The van der Waals surface area contributed by atoms with E-state index in [2.05, 4.69) is 20.3 Å².